The minimum Gasteiger partial charge on any atom is -0.256 e. The molecule has 0 aliphatic rings. The molecule has 0 saturated heterocycles. The summed E-state index contributed by atoms with van der Waals surface area (Å²) in [5.41, 5.74) is 3.55. The van der Waals surface area contributed by atoms with Gasteiger partial charge in [-0.15, -0.1) is 0 Å². The van der Waals surface area contributed by atoms with E-state index in [2.05, 4.69) is 157 Å². The van der Waals surface area contributed by atoms with Crippen molar-refractivity contribution >= 4 is 45.5 Å². The molecule has 0 spiro atoms. The van der Waals surface area contributed by atoms with Crippen LogP contribution in [0.2, 0.25) is 0 Å². The van der Waals surface area contributed by atoms with Crippen LogP contribution in [-0.2, 0) is 0 Å². The van der Waals surface area contributed by atoms with Crippen LogP contribution in [0, 0.1) is 0 Å². The zero-order valence-corrected chi connectivity index (χ0v) is 22.5. The minimum atomic E-state index is -0.446. The molecule has 0 saturated carbocycles. The Hall–Kier alpha value is -4.58. The molecular formula is C37H28NP. The van der Waals surface area contributed by atoms with Crippen molar-refractivity contribution in [3.63, 3.8) is 0 Å². The Balaban J connectivity index is 0.000000142. The maximum atomic E-state index is 4.60. The minimum absolute atomic E-state index is 0.446. The van der Waals surface area contributed by atoms with Gasteiger partial charge in [-0.25, -0.2) is 0 Å². The molecule has 7 rings (SSSR count). The van der Waals surface area contributed by atoms with Crippen molar-refractivity contribution in [3.8, 4) is 11.1 Å². The van der Waals surface area contributed by atoms with Crippen LogP contribution in [0.25, 0.3) is 32.8 Å². The highest BCUT2D eigenvalue weighted by Crippen LogP contribution is 2.34. The van der Waals surface area contributed by atoms with E-state index in [0.29, 0.717) is 0 Å². The number of hydrogen-bond donors (Lipinski definition) is 0. The standard InChI is InChI=1S/C19H13N.C18H15P/c1-2-7-14(8-3-1)18-13-15-9-4-5-10-16(15)19-17(18)11-6-12-20-19;1-4-10-16(11-5-1)19(17-12-6-2-7-13-17)18-14-8-3-9-15-18/h1-13H;1-15H. The number of fused-ring (bicyclic) bond motifs is 3. The van der Waals surface area contributed by atoms with Crippen molar-refractivity contribution < 1.29 is 0 Å². The van der Waals surface area contributed by atoms with E-state index in [9.17, 15) is 0 Å². The highest BCUT2D eigenvalue weighted by molar-refractivity contribution is 7.79. The van der Waals surface area contributed by atoms with Gasteiger partial charge in [0.15, 0.2) is 0 Å². The molecular weight excluding hydrogens is 489 g/mol. The summed E-state index contributed by atoms with van der Waals surface area (Å²) in [5.74, 6) is 0. The molecule has 0 amide bonds. The highest BCUT2D eigenvalue weighted by atomic mass is 31.1. The fourth-order valence-electron chi connectivity index (χ4n) is 4.94. The van der Waals surface area contributed by atoms with E-state index < -0.39 is 7.92 Å². The predicted molar refractivity (Wildman–Crippen MR) is 170 cm³/mol. The van der Waals surface area contributed by atoms with Crippen LogP contribution in [0.3, 0.4) is 0 Å². The van der Waals surface area contributed by atoms with Crippen LogP contribution < -0.4 is 15.9 Å². The monoisotopic (exact) mass is 517 g/mol. The lowest BCUT2D eigenvalue weighted by Gasteiger charge is -2.18. The smallest absolute Gasteiger partial charge is 0.0786 e. The molecule has 7 aromatic rings. The van der Waals surface area contributed by atoms with Gasteiger partial charge >= 0.3 is 0 Å². The van der Waals surface area contributed by atoms with Crippen LogP contribution in [-0.4, -0.2) is 4.98 Å². The zero-order valence-electron chi connectivity index (χ0n) is 21.6. The van der Waals surface area contributed by atoms with Gasteiger partial charge in [0.25, 0.3) is 0 Å². The predicted octanol–water partition coefficient (Wildman–Crippen LogP) is 8.50. The molecule has 0 aliphatic carbocycles. The highest BCUT2D eigenvalue weighted by Gasteiger charge is 2.15. The van der Waals surface area contributed by atoms with Gasteiger partial charge in [-0.3, -0.25) is 4.98 Å². The number of aromatic nitrogens is 1. The third-order valence-corrected chi connectivity index (χ3v) is 9.19. The summed E-state index contributed by atoms with van der Waals surface area (Å²) in [6.07, 6.45) is 1.86. The fraction of sp³-hybridized carbons (Fsp3) is 0. The first-order valence-electron chi connectivity index (χ1n) is 13.2. The van der Waals surface area contributed by atoms with Crippen LogP contribution >= 0.6 is 7.92 Å². The normalized spacial score (nSPS) is 10.8. The van der Waals surface area contributed by atoms with Gasteiger partial charge in [0.05, 0.1) is 5.52 Å². The molecule has 0 aliphatic heterocycles. The van der Waals surface area contributed by atoms with Crippen molar-refractivity contribution in [2.24, 2.45) is 0 Å². The first kappa shape index (κ1) is 24.7. The van der Waals surface area contributed by atoms with Gasteiger partial charge in [-0.05, 0) is 52.5 Å². The molecule has 0 N–H and O–H groups in total. The third-order valence-electron chi connectivity index (χ3n) is 6.74. The Morgan fingerprint density at radius 3 is 1.44 bits per heavy atom. The fourth-order valence-corrected chi connectivity index (χ4v) is 7.25. The molecule has 1 nitrogen and oxygen atoms in total. The first-order valence-corrected chi connectivity index (χ1v) is 14.5. The second-order valence-electron chi connectivity index (χ2n) is 9.25. The van der Waals surface area contributed by atoms with Crippen LogP contribution in [0.15, 0.2) is 170 Å². The van der Waals surface area contributed by atoms with E-state index in [4.69, 9.17) is 0 Å². The summed E-state index contributed by atoms with van der Waals surface area (Å²) in [7, 11) is -0.446. The maximum absolute atomic E-state index is 4.60. The average molecular weight is 518 g/mol. The van der Waals surface area contributed by atoms with Crippen LogP contribution in [0.1, 0.15) is 0 Å². The van der Waals surface area contributed by atoms with E-state index in [1.165, 1.54) is 43.2 Å². The van der Waals surface area contributed by atoms with Gasteiger partial charge in [0.1, 0.15) is 0 Å². The zero-order chi connectivity index (χ0) is 26.3. The largest absolute Gasteiger partial charge is 0.256 e. The van der Waals surface area contributed by atoms with E-state index >= 15 is 0 Å². The lowest BCUT2D eigenvalue weighted by Crippen LogP contribution is -2.20. The number of pyridine rings is 1. The van der Waals surface area contributed by atoms with Gasteiger partial charge in [-0.1, -0.05) is 152 Å². The van der Waals surface area contributed by atoms with Gasteiger partial charge in [0.2, 0.25) is 0 Å². The second-order valence-corrected chi connectivity index (χ2v) is 11.5. The molecule has 0 atom stereocenters. The number of nitrogens with zero attached hydrogens (tertiary/aromatic N) is 1. The van der Waals surface area contributed by atoms with Crippen molar-refractivity contribution in [2.75, 3.05) is 0 Å². The van der Waals surface area contributed by atoms with Crippen LogP contribution in [0.5, 0.6) is 0 Å². The maximum Gasteiger partial charge on any atom is 0.0786 e. The Labute approximate surface area is 231 Å². The van der Waals surface area contributed by atoms with Crippen LogP contribution in [0.4, 0.5) is 0 Å². The summed E-state index contributed by atoms with van der Waals surface area (Å²) in [6.45, 7) is 0. The molecule has 0 fully saturated rings. The molecule has 0 radical (unpaired) electrons. The molecule has 186 valence electrons. The van der Waals surface area contributed by atoms with Crippen molar-refractivity contribution in [1.82, 2.24) is 4.98 Å². The Morgan fingerprint density at radius 1 is 0.410 bits per heavy atom. The summed E-state index contributed by atoms with van der Waals surface area (Å²) < 4.78 is 0. The number of benzene rings is 6. The van der Waals surface area contributed by atoms with Crippen molar-refractivity contribution in [2.45, 2.75) is 0 Å². The Morgan fingerprint density at radius 2 is 0.872 bits per heavy atom. The molecule has 2 heteroatoms. The molecule has 1 heterocycles. The van der Waals surface area contributed by atoms with Gasteiger partial charge in [-0.2, -0.15) is 0 Å². The van der Waals surface area contributed by atoms with Crippen molar-refractivity contribution in [1.29, 1.82) is 0 Å². The van der Waals surface area contributed by atoms with E-state index in [1.807, 2.05) is 18.3 Å². The second kappa shape index (κ2) is 11.9. The summed E-state index contributed by atoms with van der Waals surface area (Å²) in [4.78, 5) is 4.60. The van der Waals surface area contributed by atoms with Gasteiger partial charge < -0.3 is 0 Å². The number of rotatable bonds is 4. The van der Waals surface area contributed by atoms with E-state index in [-0.39, 0.29) is 0 Å². The van der Waals surface area contributed by atoms with Crippen molar-refractivity contribution in [3.05, 3.63) is 170 Å². The third kappa shape index (κ3) is 5.50. The Bertz CT molecular complexity index is 1690. The average Bonchev–Trinajstić information content (AvgIpc) is 3.03. The summed E-state index contributed by atoms with van der Waals surface area (Å²) >= 11 is 0. The van der Waals surface area contributed by atoms with E-state index in [0.717, 1.165) is 5.52 Å². The topological polar surface area (TPSA) is 12.9 Å². The first-order chi connectivity index (χ1) is 19.4. The lowest BCUT2D eigenvalue weighted by molar-refractivity contribution is 1.43. The van der Waals surface area contributed by atoms with E-state index in [1.54, 1.807) is 0 Å². The molecule has 0 unspecified atom stereocenters. The summed E-state index contributed by atoms with van der Waals surface area (Å²) in [6, 6.07) is 57.7. The van der Waals surface area contributed by atoms with Gasteiger partial charge in [0, 0.05) is 17.0 Å². The number of hydrogen-bond acceptors (Lipinski definition) is 1. The quantitative estimate of drug-likeness (QED) is 0.168. The lowest BCUT2D eigenvalue weighted by atomic mass is 9.96. The SMILES string of the molecule is c1ccc(-c2cc3ccccc3c3ncccc23)cc1.c1ccc(P(c2ccccc2)c2ccccc2)cc1. The Kier molecular flexibility index (Phi) is 7.52. The molecule has 1 aromatic heterocycles. The molecule has 0 bridgehead atoms. The molecule has 6 aromatic carbocycles. The molecule has 39 heavy (non-hydrogen) atoms. The summed E-state index contributed by atoms with van der Waals surface area (Å²) in [5, 5.41) is 7.84.